The molecule has 0 amide bonds. The Morgan fingerprint density at radius 3 is 2.56 bits per heavy atom. The predicted molar refractivity (Wildman–Crippen MR) is 103 cm³/mol. The molecule has 27 heavy (non-hydrogen) atoms. The number of piperazine rings is 1. The van der Waals surface area contributed by atoms with E-state index in [1.807, 2.05) is 31.8 Å². The molecule has 2 bridgehead atoms. The lowest BCUT2D eigenvalue weighted by Gasteiger charge is -2.42. The highest BCUT2D eigenvalue weighted by Crippen LogP contribution is 2.27. The van der Waals surface area contributed by atoms with Crippen molar-refractivity contribution in [3.05, 3.63) is 43.0 Å². The van der Waals surface area contributed by atoms with Gasteiger partial charge >= 0.3 is 0 Å². The Morgan fingerprint density at radius 2 is 1.89 bits per heavy atom. The van der Waals surface area contributed by atoms with Crippen LogP contribution in [-0.2, 0) is 11.8 Å². The van der Waals surface area contributed by atoms with Gasteiger partial charge in [-0.25, -0.2) is 4.98 Å². The summed E-state index contributed by atoms with van der Waals surface area (Å²) in [5, 5.41) is 7.76. The quantitative estimate of drug-likeness (QED) is 0.745. The van der Waals surface area contributed by atoms with Crippen molar-refractivity contribution < 1.29 is 4.79 Å². The first kappa shape index (κ1) is 16.3. The largest absolute Gasteiger partial charge is 0.360 e. The van der Waals surface area contributed by atoms with Crippen molar-refractivity contribution in [3.8, 4) is 22.4 Å². The zero-order valence-corrected chi connectivity index (χ0v) is 15.2. The number of hydrogen-bond acceptors (Lipinski definition) is 5. The Balaban J connectivity index is 1.33. The maximum absolute atomic E-state index is 11.7. The molecule has 5 rings (SSSR count). The van der Waals surface area contributed by atoms with Crippen LogP contribution in [0.1, 0.15) is 12.8 Å². The number of piperidine rings is 1. The highest BCUT2D eigenvalue weighted by atomic mass is 16.1. The van der Waals surface area contributed by atoms with Gasteiger partial charge in [0.1, 0.15) is 11.6 Å². The summed E-state index contributed by atoms with van der Waals surface area (Å²) in [5.74, 6) is 1.36. The first-order valence-electron chi connectivity index (χ1n) is 9.30. The molecule has 138 valence electrons. The third kappa shape index (κ3) is 3.14. The van der Waals surface area contributed by atoms with Gasteiger partial charge in [-0.05, 0) is 18.2 Å². The molecule has 2 atom stereocenters. The van der Waals surface area contributed by atoms with Gasteiger partial charge in [-0.2, -0.15) is 5.10 Å². The van der Waals surface area contributed by atoms with Gasteiger partial charge in [-0.3, -0.25) is 9.48 Å². The van der Waals surface area contributed by atoms with Crippen LogP contribution in [-0.4, -0.2) is 50.7 Å². The molecule has 0 radical (unpaired) electrons. The molecule has 0 aliphatic carbocycles. The van der Waals surface area contributed by atoms with Crippen molar-refractivity contribution in [2.45, 2.75) is 24.9 Å². The number of hydrogen-bond donors (Lipinski definition) is 2. The molecule has 3 aromatic rings. The summed E-state index contributed by atoms with van der Waals surface area (Å²) >= 11 is 0. The second-order valence-electron chi connectivity index (χ2n) is 7.52. The number of aromatic amines is 1. The average molecular weight is 362 g/mol. The normalized spacial score (nSPS) is 22.3. The van der Waals surface area contributed by atoms with Gasteiger partial charge in [-0.1, -0.05) is 0 Å². The van der Waals surface area contributed by atoms with Crippen LogP contribution in [0.4, 0.5) is 5.82 Å². The van der Waals surface area contributed by atoms with Gasteiger partial charge in [-0.15, -0.1) is 0 Å². The average Bonchev–Trinajstić information content (AvgIpc) is 3.30. The van der Waals surface area contributed by atoms with Gasteiger partial charge < -0.3 is 15.2 Å². The fourth-order valence-corrected chi connectivity index (χ4v) is 4.14. The molecular formula is C20H22N6O. The fourth-order valence-electron chi connectivity index (χ4n) is 4.14. The number of carbonyl (C=O) groups excluding carboxylic acids is 1. The zero-order chi connectivity index (χ0) is 18.4. The lowest BCUT2D eigenvalue weighted by Crippen LogP contribution is -2.60. The van der Waals surface area contributed by atoms with E-state index in [2.05, 4.69) is 38.5 Å². The van der Waals surface area contributed by atoms with E-state index >= 15 is 0 Å². The van der Waals surface area contributed by atoms with E-state index in [4.69, 9.17) is 4.98 Å². The number of nitrogens with zero attached hydrogens (tertiary/aromatic N) is 4. The number of rotatable bonds is 3. The van der Waals surface area contributed by atoms with Gasteiger partial charge in [0, 0.05) is 86.0 Å². The fraction of sp³-hybridized carbons (Fsp3) is 0.350. The van der Waals surface area contributed by atoms with E-state index in [0.29, 0.717) is 18.6 Å². The van der Waals surface area contributed by atoms with Gasteiger partial charge in [0.05, 0.1) is 6.20 Å². The molecule has 7 nitrogen and oxygen atoms in total. The van der Waals surface area contributed by atoms with E-state index in [1.165, 1.54) is 0 Å². The number of aryl methyl sites for hydroxylation is 1. The van der Waals surface area contributed by atoms with E-state index < -0.39 is 0 Å². The molecule has 2 unspecified atom stereocenters. The smallest absolute Gasteiger partial charge is 0.136 e. The second-order valence-corrected chi connectivity index (χ2v) is 7.52. The lowest BCUT2D eigenvalue weighted by atomic mass is 9.93. The number of aromatic nitrogens is 4. The Bertz CT molecular complexity index is 957. The van der Waals surface area contributed by atoms with E-state index in [1.54, 1.807) is 4.68 Å². The zero-order valence-electron chi connectivity index (χ0n) is 15.2. The number of pyridine rings is 1. The third-order valence-electron chi connectivity index (χ3n) is 5.41. The van der Waals surface area contributed by atoms with Crippen LogP contribution < -0.4 is 10.2 Å². The number of fused-ring (bicyclic) bond motifs is 2. The highest BCUT2D eigenvalue weighted by molar-refractivity contribution is 5.81. The van der Waals surface area contributed by atoms with Crippen molar-refractivity contribution in [3.63, 3.8) is 0 Å². The monoisotopic (exact) mass is 362 g/mol. The van der Waals surface area contributed by atoms with Crippen LogP contribution in [0.3, 0.4) is 0 Å². The minimum absolute atomic E-state index is 0.248. The Hall–Kier alpha value is -2.93. The minimum atomic E-state index is 0.248. The second kappa shape index (κ2) is 6.35. The van der Waals surface area contributed by atoms with Gasteiger partial charge in [0.25, 0.3) is 0 Å². The third-order valence-corrected chi connectivity index (χ3v) is 5.41. The summed E-state index contributed by atoms with van der Waals surface area (Å²) in [5.41, 5.74) is 4.29. The number of Topliss-reactive ketones (excluding diaryl/α,β-unsaturated/α-hetero) is 1. The van der Waals surface area contributed by atoms with Crippen molar-refractivity contribution in [1.29, 1.82) is 0 Å². The molecule has 0 aromatic carbocycles. The molecule has 2 aliphatic heterocycles. The summed E-state index contributed by atoms with van der Waals surface area (Å²) in [6, 6.07) is 6.81. The van der Waals surface area contributed by atoms with Crippen LogP contribution in [0.5, 0.6) is 0 Å². The topological polar surface area (TPSA) is 78.8 Å². The molecular weight excluding hydrogens is 340 g/mol. The number of carbonyl (C=O) groups is 1. The van der Waals surface area contributed by atoms with E-state index in [0.717, 1.165) is 41.3 Å². The van der Waals surface area contributed by atoms with Gasteiger partial charge in [0.15, 0.2) is 0 Å². The summed E-state index contributed by atoms with van der Waals surface area (Å²) in [6.45, 7) is 1.67. The van der Waals surface area contributed by atoms with Crippen LogP contribution >= 0.6 is 0 Å². The summed E-state index contributed by atoms with van der Waals surface area (Å²) in [7, 11) is 1.91. The summed E-state index contributed by atoms with van der Waals surface area (Å²) in [4.78, 5) is 22.0. The molecule has 2 saturated heterocycles. The van der Waals surface area contributed by atoms with Crippen LogP contribution in [0.25, 0.3) is 22.4 Å². The van der Waals surface area contributed by atoms with Crippen molar-refractivity contribution in [1.82, 2.24) is 25.1 Å². The molecule has 5 heterocycles. The Labute approximate surface area is 157 Å². The summed E-state index contributed by atoms with van der Waals surface area (Å²) < 4.78 is 1.79. The Kier molecular flexibility index (Phi) is 3.82. The minimum Gasteiger partial charge on any atom is -0.360 e. The molecule has 0 saturated carbocycles. The maximum atomic E-state index is 11.7. The first-order chi connectivity index (χ1) is 13.1. The SMILES string of the molecule is Cn1cc(-c2cc(-c3ccc(N4CC5CC(=O)CC(C4)N5)nc3)c[nH]2)cn1. The molecule has 3 aromatic heterocycles. The molecule has 0 spiro atoms. The summed E-state index contributed by atoms with van der Waals surface area (Å²) in [6.07, 6.45) is 9.03. The lowest BCUT2D eigenvalue weighted by molar-refractivity contribution is -0.121. The van der Waals surface area contributed by atoms with Crippen LogP contribution in [0.2, 0.25) is 0 Å². The van der Waals surface area contributed by atoms with Crippen molar-refractivity contribution in [2.24, 2.45) is 7.05 Å². The van der Waals surface area contributed by atoms with Crippen LogP contribution in [0, 0.1) is 0 Å². The van der Waals surface area contributed by atoms with E-state index in [9.17, 15) is 4.79 Å². The standard InChI is InChI=1S/C20H22N6O/c1-25-10-15(9-23-25)19-4-14(8-21-19)13-2-3-20(22-7-13)26-11-16-5-18(27)6-17(12-26)24-16/h2-4,7-10,16-17,21,24H,5-6,11-12H2,1H3. The maximum Gasteiger partial charge on any atom is 0.136 e. The molecule has 2 fully saturated rings. The first-order valence-corrected chi connectivity index (χ1v) is 9.30. The van der Waals surface area contributed by atoms with Crippen molar-refractivity contribution >= 4 is 11.6 Å². The molecule has 2 aliphatic rings. The van der Waals surface area contributed by atoms with Crippen molar-refractivity contribution in [2.75, 3.05) is 18.0 Å². The molecule has 7 heteroatoms. The number of nitrogens with one attached hydrogen (secondary N) is 2. The number of H-pyrrole nitrogens is 1. The predicted octanol–water partition coefficient (Wildman–Crippen LogP) is 1.99. The number of ketones is 1. The Morgan fingerprint density at radius 1 is 1.07 bits per heavy atom. The highest BCUT2D eigenvalue weighted by Gasteiger charge is 2.34. The number of anilines is 1. The van der Waals surface area contributed by atoms with E-state index in [-0.39, 0.29) is 12.1 Å². The van der Waals surface area contributed by atoms with Gasteiger partial charge in [0.2, 0.25) is 0 Å². The molecule has 2 N–H and O–H groups in total. The van der Waals surface area contributed by atoms with Crippen LogP contribution in [0.15, 0.2) is 43.0 Å².